The smallest absolute Gasteiger partial charge is 0.312 e. The highest BCUT2D eigenvalue weighted by molar-refractivity contribution is 5.82. The van der Waals surface area contributed by atoms with Crippen molar-refractivity contribution in [3.63, 3.8) is 0 Å². The van der Waals surface area contributed by atoms with E-state index in [1.54, 1.807) is 19.1 Å². The molecule has 2 aromatic rings. The molecule has 0 spiro atoms. The van der Waals surface area contributed by atoms with Crippen LogP contribution in [0.4, 0.5) is 0 Å². The molecule has 1 amide bonds. The Labute approximate surface area is 191 Å². The fourth-order valence-electron chi connectivity index (χ4n) is 5.10. The van der Waals surface area contributed by atoms with Crippen LogP contribution in [0.1, 0.15) is 29.5 Å². The fourth-order valence-corrected chi connectivity index (χ4v) is 5.10. The number of esters is 1. The molecule has 174 valence electrons. The van der Waals surface area contributed by atoms with Gasteiger partial charge >= 0.3 is 5.97 Å². The first-order chi connectivity index (χ1) is 16.0. The van der Waals surface area contributed by atoms with Crippen LogP contribution >= 0.6 is 0 Å². The summed E-state index contributed by atoms with van der Waals surface area (Å²) >= 11 is 0. The number of methoxy groups -OCH3 is 3. The molecule has 3 aliphatic heterocycles. The molecule has 9 nitrogen and oxygen atoms in total. The van der Waals surface area contributed by atoms with Crippen LogP contribution in [0.2, 0.25) is 0 Å². The van der Waals surface area contributed by atoms with E-state index in [9.17, 15) is 9.59 Å². The molecule has 1 fully saturated rings. The van der Waals surface area contributed by atoms with Crippen LogP contribution in [0, 0.1) is 5.92 Å². The summed E-state index contributed by atoms with van der Waals surface area (Å²) in [7, 11) is 4.63. The average molecular weight is 455 g/mol. The van der Waals surface area contributed by atoms with Gasteiger partial charge in [0, 0.05) is 19.4 Å². The van der Waals surface area contributed by atoms with Crippen molar-refractivity contribution >= 4 is 11.9 Å². The molecule has 0 unspecified atom stereocenters. The van der Waals surface area contributed by atoms with Crippen molar-refractivity contribution < 1.29 is 38.0 Å². The van der Waals surface area contributed by atoms with E-state index in [4.69, 9.17) is 28.4 Å². The third kappa shape index (κ3) is 3.30. The van der Waals surface area contributed by atoms with Gasteiger partial charge in [0.05, 0.1) is 33.3 Å². The van der Waals surface area contributed by atoms with E-state index in [0.717, 1.165) is 16.7 Å². The van der Waals surface area contributed by atoms with Gasteiger partial charge < -0.3 is 33.3 Å². The van der Waals surface area contributed by atoms with E-state index in [-0.39, 0.29) is 25.3 Å². The van der Waals surface area contributed by atoms with Crippen LogP contribution in [0.15, 0.2) is 24.3 Å². The maximum Gasteiger partial charge on any atom is 0.312 e. The molecule has 33 heavy (non-hydrogen) atoms. The van der Waals surface area contributed by atoms with Crippen molar-refractivity contribution in [1.82, 2.24) is 4.90 Å². The minimum atomic E-state index is -0.613. The van der Waals surface area contributed by atoms with Gasteiger partial charge in [-0.05, 0) is 41.0 Å². The summed E-state index contributed by atoms with van der Waals surface area (Å²) in [6.45, 7) is 2.11. The lowest BCUT2D eigenvalue weighted by molar-refractivity contribution is -0.141. The SMILES string of the molecule is COc1cc([C@@H]2c3cc4c(cc3CN(C(C)=O)[C@H]3COC(=O)[C@H]23)OCO4)cc(OC)c1OC. The lowest BCUT2D eigenvalue weighted by Crippen LogP contribution is -2.43. The zero-order valence-electron chi connectivity index (χ0n) is 18.9. The number of hydrogen-bond acceptors (Lipinski definition) is 8. The maximum atomic E-state index is 13.1. The van der Waals surface area contributed by atoms with E-state index < -0.39 is 17.9 Å². The second-order valence-corrected chi connectivity index (χ2v) is 8.21. The minimum Gasteiger partial charge on any atom is -0.493 e. The Hall–Kier alpha value is -3.62. The molecular weight excluding hydrogens is 430 g/mol. The van der Waals surface area contributed by atoms with Gasteiger partial charge in [-0.15, -0.1) is 0 Å². The molecule has 2 aromatic carbocycles. The summed E-state index contributed by atoms with van der Waals surface area (Å²) in [5.74, 6) is 1.11. The Bertz CT molecular complexity index is 1100. The molecule has 3 heterocycles. The van der Waals surface area contributed by atoms with Crippen molar-refractivity contribution in [2.45, 2.75) is 25.4 Å². The standard InChI is InChI=1S/C24H25NO8/c1-12(26)25-9-14-7-17-18(33-11-32-17)8-15(14)21(22-16(25)10-31-24(22)27)13-5-19(28-2)23(30-4)20(6-13)29-3/h5-8,16,21-22H,9-11H2,1-4H3/t16-,21+,22-/m0/s1. The number of hydrogen-bond donors (Lipinski definition) is 0. The number of cyclic esters (lactones) is 1. The van der Waals surface area contributed by atoms with Crippen LogP contribution < -0.4 is 23.7 Å². The first-order valence-corrected chi connectivity index (χ1v) is 10.6. The highest BCUT2D eigenvalue weighted by Gasteiger charge is 2.50. The predicted molar refractivity (Wildman–Crippen MR) is 115 cm³/mol. The van der Waals surface area contributed by atoms with Crippen molar-refractivity contribution in [2.24, 2.45) is 5.92 Å². The number of fused-ring (bicyclic) bond motifs is 3. The Morgan fingerprint density at radius 3 is 2.24 bits per heavy atom. The average Bonchev–Trinajstić information content (AvgIpc) is 3.39. The van der Waals surface area contributed by atoms with Gasteiger partial charge in [-0.3, -0.25) is 9.59 Å². The topological polar surface area (TPSA) is 92.8 Å². The second-order valence-electron chi connectivity index (χ2n) is 8.21. The third-order valence-corrected chi connectivity index (χ3v) is 6.60. The molecule has 0 radical (unpaired) electrons. The van der Waals surface area contributed by atoms with Crippen molar-refractivity contribution in [3.8, 4) is 28.7 Å². The Morgan fingerprint density at radius 1 is 0.970 bits per heavy atom. The fraction of sp³-hybridized carbons (Fsp3) is 0.417. The highest BCUT2D eigenvalue weighted by Crippen LogP contribution is 2.50. The molecule has 0 N–H and O–H groups in total. The summed E-state index contributed by atoms with van der Waals surface area (Å²) in [6, 6.07) is 7.06. The number of amides is 1. The zero-order valence-corrected chi connectivity index (χ0v) is 18.9. The summed E-state index contributed by atoms with van der Waals surface area (Å²) < 4.78 is 33.3. The molecule has 0 bridgehead atoms. The van der Waals surface area contributed by atoms with Gasteiger partial charge in [-0.25, -0.2) is 0 Å². The number of ether oxygens (including phenoxy) is 6. The lowest BCUT2D eigenvalue weighted by Gasteiger charge is -2.29. The first kappa shape index (κ1) is 21.2. The predicted octanol–water partition coefficient (Wildman–Crippen LogP) is 2.48. The Kier molecular flexibility index (Phi) is 5.19. The molecule has 3 atom stereocenters. The summed E-state index contributed by atoms with van der Waals surface area (Å²) in [5.41, 5.74) is 2.53. The minimum absolute atomic E-state index is 0.123. The maximum absolute atomic E-state index is 13.1. The van der Waals surface area contributed by atoms with Gasteiger partial charge in [0.2, 0.25) is 18.4 Å². The lowest BCUT2D eigenvalue weighted by atomic mass is 9.77. The van der Waals surface area contributed by atoms with Crippen molar-refractivity contribution in [3.05, 3.63) is 41.0 Å². The first-order valence-electron chi connectivity index (χ1n) is 10.6. The van der Waals surface area contributed by atoms with Crippen LogP contribution in [-0.4, -0.2) is 57.5 Å². The zero-order chi connectivity index (χ0) is 23.3. The molecule has 3 aliphatic rings. The Balaban J connectivity index is 1.77. The summed E-state index contributed by atoms with van der Waals surface area (Å²) in [5, 5.41) is 0. The summed E-state index contributed by atoms with van der Waals surface area (Å²) in [4.78, 5) is 27.4. The van der Waals surface area contributed by atoms with E-state index >= 15 is 0 Å². The molecular formula is C24H25NO8. The number of rotatable bonds is 4. The van der Waals surface area contributed by atoms with Crippen molar-refractivity contribution in [2.75, 3.05) is 34.7 Å². The quantitative estimate of drug-likeness (QED) is 0.650. The molecule has 1 saturated heterocycles. The number of benzene rings is 2. The van der Waals surface area contributed by atoms with Gasteiger partial charge in [0.1, 0.15) is 6.61 Å². The van der Waals surface area contributed by atoms with Gasteiger partial charge in [-0.1, -0.05) is 0 Å². The largest absolute Gasteiger partial charge is 0.493 e. The molecule has 9 heteroatoms. The van der Waals surface area contributed by atoms with Gasteiger partial charge in [0.25, 0.3) is 0 Å². The summed E-state index contributed by atoms with van der Waals surface area (Å²) in [6.07, 6.45) is 0. The van der Waals surface area contributed by atoms with Crippen LogP contribution in [-0.2, 0) is 20.9 Å². The van der Waals surface area contributed by atoms with E-state index in [0.29, 0.717) is 35.3 Å². The van der Waals surface area contributed by atoms with Crippen molar-refractivity contribution in [1.29, 1.82) is 0 Å². The van der Waals surface area contributed by atoms with Crippen LogP contribution in [0.3, 0.4) is 0 Å². The third-order valence-electron chi connectivity index (χ3n) is 6.60. The number of carbonyl (C=O) groups excluding carboxylic acids is 2. The van der Waals surface area contributed by atoms with Gasteiger partial charge in [0.15, 0.2) is 23.0 Å². The molecule has 5 rings (SSSR count). The Morgan fingerprint density at radius 2 is 1.64 bits per heavy atom. The van der Waals surface area contributed by atoms with Crippen LogP contribution in [0.25, 0.3) is 0 Å². The number of nitrogens with zero attached hydrogens (tertiary/aromatic N) is 1. The van der Waals surface area contributed by atoms with Crippen LogP contribution in [0.5, 0.6) is 28.7 Å². The molecule has 0 aromatic heterocycles. The van der Waals surface area contributed by atoms with E-state index in [2.05, 4.69) is 0 Å². The normalized spacial score (nSPS) is 22.7. The van der Waals surface area contributed by atoms with E-state index in [1.807, 2.05) is 24.3 Å². The molecule has 0 saturated carbocycles. The second kappa shape index (κ2) is 8.06. The molecule has 0 aliphatic carbocycles. The van der Waals surface area contributed by atoms with E-state index in [1.165, 1.54) is 14.0 Å². The highest BCUT2D eigenvalue weighted by atomic mass is 16.7. The monoisotopic (exact) mass is 455 g/mol. The van der Waals surface area contributed by atoms with Gasteiger partial charge in [-0.2, -0.15) is 0 Å². The number of carbonyl (C=O) groups is 2.